The third-order valence-corrected chi connectivity index (χ3v) is 3.93. The lowest BCUT2D eigenvalue weighted by Gasteiger charge is -2.38. The van der Waals surface area contributed by atoms with Gasteiger partial charge >= 0.3 is 0 Å². The third-order valence-electron chi connectivity index (χ3n) is 3.93. The van der Waals surface area contributed by atoms with Gasteiger partial charge in [0.05, 0.1) is 6.04 Å². The van der Waals surface area contributed by atoms with Crippen molar-refractivity contribution in [2.24, 2.45) is 0 Å². The van der Waals surface area contributed by atoms with Gasteiger partial charge in [-0.1, -0.05) is 31.9 Å². The van der Waals surface area contributed by atoms with Gasteiger partial charge in [0.1, 0.15) is 18.5 Å². The predicted octanol–water partition coefficient (Wildman–Crippen LogP) is 2.91. The Morgan fingerprint density at radius 3 is 2.84 bits per heavy atom. The number of benzene rings is 1. The van der Waals surface area contributed by atoms with Crippen molar-refractivity contribution in [2.75, 3.05) is 19.7 Å². The molecule has 1 N–H and O–H groups in total. The van der Waals surface area contributed by atoms with Crippen LogP contribution in [0, 0.1) is 6.92 Å². The molecule has 106 valence electrons. The molecule has 1 aliphatic heterocycles. The molecule has 2 unspecified atom stereocenters. The molecular weight excluding hydrogens is 238 g/mol. The molecule has 0 saturated heterocycles. The SMILES string of the molecule is CCCCN(CC)C1COc2ccc(C)cc2C1O. The van der Waals surface area contributed by atoms with Gasteiger partial charge in [0.2, 0.25) is 0 Å². The van der Waals surface area contributed by atoms with Crippen LogP contribution in [0.5, 0.6) is 5.75 Å². The highest BCUT2D eigenvalue weighted by Gasteiger charge is 2.32. The molecule has 1 aromatic rings. The van der Waals surface area contributed by atoms with Gasteiger partial charge in [-0.25, -0.2) is 0 Å². The highest BCUT2D eigenvalue weighted by atomic mass is 16.5. The topological polar surface area (TPSA) is 32.7 Å². The predicted molar refractivity (Wildman–Crippen MR) is 77.6 cm³/mol. The number of aliphatic hydroxyl groups excluding tert-OH is 1. The lowest BCUT2D eigenvalue weighted by molar-refractivity contribution is 0.00500. The van der Waals surface area contributed by atoms with Crippen LogP contribution in [0.25, 0.3) is 0 Å². The minimum Gasteiger partial charge on any atom is -0.491 e. The van der Waals surface area contributed by atoms with E-state index in [2.05, 4.69) is 18.7 Å². The number of nitrogens with zero attached hydrogens (tertiary/aromatic N) is 1. The summed E-state index contributed by atoms with van der Waals surface area (Å²) in [6, 6.07) is 6.11. The van der Waals surface area contributed by atoms with Crippen LogP contribution in [0.4, 0.5) is 0 Å². The van der Waals surface area contributed by atoms with Crippen LogP contribution in [-0.2, 0) is 0 Å². The Morgan fingerprint density at radius 2 is 2.16 bits per heavy atom. The van der Waals surface area contributed by atoms with Gasteiger partial charge in [-0.05, 0) is 38.6 Å². The van der Waals surface area contributed by atoms with Crippen molar-refractivity contribution in [3.05, 3.63) is 29.3 Å². The Bertz CT molecular complexity index is 419. The average Bonchev–Trinajstić information content (AvgIpc) is 2.42. The molecule has 0 spiro atoms. The Labute approximate surface area is 116 Å². The maximum Gasteiger partial charge on any atom is 0.125 e. The first kappa shape index (κ1) is 14.4. The highest BCUT2D eigenvalue weighted by molar-refractivity contribution is 5.40. The molecule has 0 radical (unpaired) electrons. The molecule has 3 heteroatoms. The summed E-state index contributed by atoms with van der Waals surface area (Å²) in [5, 5.41) is 10.6. The van der Waals surface area contributed by atoms with Crippen LogP contribution in [0.3, 0.4) is 0 Å². The molecule has 0 saturated carbocycles. The zero-order valence-corrected chi connectivity index (χ0v) is 12.2. The van der Waals surface area contributed by atoms with E-state index >= 15 is 0 Å². The number of likely N-dealkylation sites (N-methyl/N-ethyl adjacent to an activating group) is 1. The fraction of sp³-hybridized carbons (Fsp3) is 0.625. The largest absolute Gasteiger partial charge is 0.491 e. The number of unbranched alkanes of at least 4 members (excludes halogenated alkanes) is 1. The van der Waals surface area contributed by atoms with Crippen molar-refractivity contribution < 1.29 is 9.84 Å². The molecule has 1 aliphatic rings. The summed E-state index contributed by atoms with van der Waals surface area (Å²) >= 11 is 0. The van der Waals surface area contributed by atoms with Gasteiger partial charge in [-0.2, -0.15) is 0 Å². The van der Waals surface area contributed by atoms with Gasteiger partial charge in [0.25, 0.3) is 0 Å². The van der Waals surface area contributed by atoms with Crippen molar-refractivity contribution >= 4 is 0 Å². The minimum absolute atomic E-state index is 0.0749. The highest BCUT2D eigenvalue weighted by Crippen LogP contribution is 2.34. The molecule has 2 atom stereocenters. The normalized spacial score (nSPS) is 22.2. The van der Waals surface area contributed by atoms with E-state index in [4.69, 9.17) is 4.74 Å². The first-order valence-electron chi connectivity index (χ1n) is 7.32. The molecule has 0 fully saturated rings. The second-order valence-electron chi connectivity index (χ2n) is 5.35. The Balaban J connectivity index is 2.17. The van der Waals surface area contributed by atoms with Crippen molar-refractivity contribution in [3.8, 4) is 5.75 Å². The first-order chi connectivity index (χ1) is 9.17. The number of rotatable bonds is 5. The van der Waals surface area contributed by atoms with Gasteiger partial charge in [0, 0.05) is 5.56 Å². The molecule has 19 heavy (non-hydrogen) atoms. The van der Waals surface area contributed by atoms with Crippen LogP contribution >= 0.6 is 0 Å². The summed E-state index contributed by atoms with van der Waals surface area (Å²) in [6.45, 7) is 8.94. The van der Waals surface area contributed by atoms with Crippen molar-refractivity contribution in [1.82, 2.24) is 4.90 Å². The van der Waals surface area contributed by atoms with E-state index in [0.29, 0.717) is 6.61 Å². The quantitative estimate of drug-likeness (QED) is 0.886. The zero-order valence-electron chi connectivity index (χ0n) is 12.2. The van der Waals surface area contributed by atoms with Crippen LogP contribution in [0.15, 0.2) is 18.2 Å². The standard InChI is InChI=1S/C16H25NO2/c1-4-6-9-17(5-2)14-11-19-15-8-7-12(3)10-13(15)16(14)18/h7-8,10,14,16,18H,4-6,9,11H2,1-3H3. The van der Waals surface area contributed by atoms with Crippen molar-refractivity contribution in [1.29, 1.82) is 0 Å². The van der Waals surface area contributed by atoms with E-state index in [0.717, 1.165) is 30.8 Å². The van der Waals surface area contributed by atoms with Gasteiger partial charge < -0.3 is 9.84 Å². The first-order valence-corrected chi connectivity index (χ1v) is 7.32. The van der Waals surface area contributed by atoms with Crippen LogP contribution in [0.2, 0.25) is 0 Å². The lowest BCUT2D eigenvalue weighted by Crippen LogP contribution is -2.46. The molecule has 3 nitrogen and oxygen atoms in total. The molecule has 0 aliphatic carbocycles. The second-order valence-corrected chi connectivity index (χ2v) is 5.35. The number of ether oxygens (including phenoxy) is 1. The van der Waals surface area contributed by atoms with Crippen molar-refractivity contribution in [3.63, 3.8) is 0 Å². The van der Waals surface area contributed by atoms with E-state index in [1.165, 1.54) is 12.0 Å². The van der Waals surface area contributed by atoms with Gasteiger partial charge in [-0.15, -0.1) is 0 Å². The molecule has 1 aromatic carbocycles. The number of hydrogen-bond acceptors (Lipinski definition) is 3. The van der Waals surface area contributed by atoms with E-state index in [1.807, 2.05) is 25.1 Å². The summed E-state index contributed by atoms with van der Waals surface area (Å²) in [4.78, 5) is 2.33. The lowest BCUT2D eigenvalue weighted by atomic mass is 9.96. The fourth-order valence-corrected chi connectivity index (χ4v) is 2.73. The summed E-state index contributed by atoms with van der Waals surface area (Å²) in [6.07, 6.45) is 1.90. The van der Waals surface area contributed by atoms with Crippen LogP contribution in [-0.4, -0.2) is 35.7 Å². The van der Waals surface area contributed by atoms with Crippen LogP contribution < -0.4 is 4.74 Å². The summed E-state index contributed by atoms with van der Waals surface area (Å²) < 4.78 is 5.82. The monoisotopic (exact) mass is 263 g/mol. The summed E-state index contributed by atoms with van der Waals surface area (Å²) in [5.41, 5.74) is 2.10. The van der Waals surface area contributed by atoms with Crippen LogP contribution in [0.1, 0.15) is 43.9 Å². The Hall–Kier alpha value is -1.06. The Kier molecular flexibility index (Phi) is 4.83. The fourth-order valence-electron chi connectivity index (χ4n) is 2.73. The molecule has 2 rings (SSSR count). The maximum atomic E-state index is 10.6. The molecule has 0 amide bonds. The average molecular weight is 263 g/mol. The smallest absolute Gasteiger partial charge is 0.125 e. The zero-order chi connectivity index (χ0) is 13.8. The van der Waals surface area contributed by atoms with E-state index in [-0.39, 0.29) is 6.04 Å². The van der Waals surface area contributed by atoms with E-state index in [1.54, 1.807) is 0 Å². The molecule has 0 aromatic heterocycles. The second kappa shape index (κ2) is 6.40. The molecular formula is C16H25NO2. The minimum atomic E-state index is -0.444. The summed E-state index contributed by atoms with van der Waals surface area (Å²) in [5.74, 6) is 0.834. The maximum absolute atomic E-state index is 10.6. The number of fused-ring (bicyclic) bond motifs is 1. The molecule has 0 bridgehead atoms. The number of aryl methyl sites for hydroxylation is 1. The van der Waals surface area contributed by atoms with Gasteiger partial charge in [-0.3, -0.25) is 4.90 Å². The van der Waals surface area contributed by atoms with E-state index < -0.39 is 6.10 Å². The summed E-state index contributed by atoms with van der Waals surface area (Å²) in [7, 11) is 0. The third kappa shape index (κ3) is 3.10. The number of aliphatic hydroxyl groups is 1. The van der Waals surface area contributed by atoms with Crippen molar-refractivity contribution in [2.45, 2.75) is 45.8 Å². The van der Waals surface area contributed by atoms with E-state index in [9.17, 15) is 5.11 Å². The molecule has 1 heterocycles. The number of hydrogen-bond donors (Lipinski definition) is 1. The Morgan fingerprint density at radius 1 is 1.37 bits per heavy atom. The van der Waals surface area contributed by atoms with Gasteiger partial charge in [0.15, 0.2) is 0 Å².